The van der Waals surface area contributed by atoms with E-state index in [1.807, 2.05) is 5.32 Å². The molecule has 0 heterocycles. The molecule has 0 saturated carbocycles. The zero-order valence-electron chi connectivity index (χ0n) is 12.9. The molecule has 1 amide bonds. The van der Waals surface area contributed by atoms with Gasteiger partial charge in [-0.25, -0.2) is 4.39 Å². The Balaban J connectivity index is 2.51. The molecule has 0 spiro atoms. The third kappa shape index (κ3) is 4.56. The van der Waals surface area contributed by atoms with Crippen molar-refractivity contribution >= 4 is 11.9 Å². The lowest BCUT2D eigenvalue weighted by Gasteiger charge is -2.21. The van der Waals surface area contributed by atoms with Crippen molar-refractivity contribution < 1.29 is 22.4 Å². The molecule has 25 heavy (non-hydrogen) atoms. The highest BCUT2D eigenvalue weighted by Crippen LogP contribution is 2.36. The standard InChI is InChI=1S/C17H15F4N3O/c18-14-8-4-1-5-10(14)9-12(15(25)24-16(22)23)11-6-2-3-7-13(11)17(19,20)21/h1-8,12H,9H2,(H4,22,23,24,25). The Bertz CT molecular complexity index is 789. The van der Waals surface area contributed by atoms with Crippen LogP contribution in [0.15, 0.2) is 48.5 Å². The summed E-state index contributed by atoms with van der Waals surface area (Å²) in [4.78, 5) is 12.3. The zero-order chi connectivity index (χ0) is 18.6. The number of carbonyl (C=O) groups excluding carboxylic acids is 1. The van der Waals surface area contributed by atoms with E-state index in [1.165, 1.54) is 30.3 Å². The lowest BCUT2D eigenvalue weighted by molar-refractivity contribution is -0.138. The van der Waals surface area contributed by atoms with Gasteiger partial charge in [-0.2, -0.15) is 13.2 Å². The Labute approximate surface area is 141 Å². The molecule has 4 nitrogen and oxygen atoms in total. The molecular weight excluding hydrogens is 338 g/mol. The van der Waals surface area contributed by atoms with E-state index in [9.17, 15) is 22.4 Å². The summed E-state index contributed by atoms with van der Waals surface area (Å²) in [6.07, 6.45) is -4.99. The second-order valence-corrected chi connectivity index (χ2v) is 5.34. The molecule has 4 N–H and O–H groups in total. The smallest absolute Gasteiger partial charge is 0.370 e. The van der Waals surface area contributed by atoms with Gasteiger partial charge in [-0.15, -0.1) is 0 Å². The molecule has 0 aromatic heterocycles. The molecule has 0 aliphatic carbocycles. The molecule has 2 rings (SSSR count). The number of alkyl halides is 3. The van der Waals surface area contributed by atoms with Crippen LogP contribution in [0, 0.1) is 11.2 Å². The zero-order valence-corrected chi connectivity index (χ0v) is 12.9. The van der Waals surface area contributed by atoms with Crippen molar-refractivity contribution in [2.45, 2.75) is 18.5 Å². The molecular formula is C17H15F4N3O. The number of guanidine groups is 1. The van der Waals surface area contributed by atoms with E-state index in [-0.39, 0.29) is 17.5 Å². The molecule has 1 unspecified atom stereocenters. The normalized spacial score (nSPS) is 12.5. The highest BCUT2D eigenvalue weighted by atomic mass is 19.4. The summed E-state index contributed by atoms with van der Waals surface area (Å²) in [6.45, 7) is 0. The summed E-state index contributed by atoms with van der Waals surface area (Å²) in [6, 6.07) is 10.1. The van der Waals surface area contributed by atoms with E-state index in [4.69, 9.17) is 11.1 Å². The van der Waals surface area contributed by atoms with Gasteiger partial charge in [0.05, 0.1) is 11.5 Å². The lowest BCUT2D eigenvalue weighted by atomic mass is 9.87. The van der Waals surface area contributed by atoms with E-state index in [0.717, 1.165) is 18.2 Å². The maximum atomic E-state index is 13.9. The van der Waals surface area contributed by atoms with Crippen LogP contribution in [0.5, 0.6) is 0 Å². The maximum absolute atomic E-state index is 13.9. The van der Waals surface area contributed by atoms with Crippen LogP contribution in [-0.4, -0.2) is 11.9 Å². The number of amides is 1. The van der Waals surface area contributed by atoms with Crippen LogP contribution < -0.4 is 11.1 Å². The van der Waals surface area contributed by atoms with Crippen LogP contribution in [0.3, 0.4) is 0 Å². The number of hydrogen-bond donors (Lipinski definition) is 3. The summed E-state index contributed by atoms with van der Waals surface area (Å²) in [7, 11) is 0. The minimum absolute atomic E-state index is 0.0863. The van der Waals surface area contributed by atoms with Crippen LogP contribution in [0.25, 0.3) is 0 Å². The first-order valence-corrected chi connectivity index (χ1v) is 7.24. The van der Waals surface area contributed by atoms with E-state index in [0.29, 0.717) is 0 Å². The molecule has 1 atom stereocenters. The largest absolute Gasteiger partial charge is 0.416 e. The Morgan fingerprint density at radius 3 is 2.32 bits per heavy atom. The third-order valence-electron chi connectivity index (χ3n) is 3.60. The fourth-order valence-electron chi connectivity index (χ4n) is 2.51. The van der Waals surface area contributed by atoms with Gasteiger partial charge in [0, 0.05) is 0 Å². The molecule has 132 valence electrons. The number of halogens is 4. The van der Waals surface area contributed by atoms with Gasteiger partial charge < -0.3 is 5.73 Å². The number of carbonyl (C=O) groups is 1. The van der Waals surface area contributed by atoms with Crippen LogP contribution in [0.4, 0.5) is 17.6 Å². The molecule has 0 fully saturated rings. The van der Waals surface area contributed by atoms with Crippen LogP contribution in [0.1, 0.15) is 22.6 Å². The van der Waals surface area contributed by atoms with Gasteiger partial charge >= 0.3 is 6.18 Å². The van der Waals surface area contributed by atoms with Crippen LogP contribution >= 0.6 is 0 Å². The van der Waals surface area contributed by atoms with Gasteiger partial charge in [-0.1, -0.05) is 36.4 Å². The summed E-state index contributed by atoms with van der Waals surface area (Å²) < 4.78 is 53.7. The van der Waals surface area contributed by atoms with Gasteiger partial charge in [-0.05, 0) is 29.7 Å². The van der Waals surface area contributed by atoms with Crippen molar-refractivity contribution in [3.8, 4) is 0 Å². The van der Waals surface area contributed by atoms with Crippen molar-refractivity contribution in [2.24, 2.45) is 5.73 Å². The molecule has 0 bridgehead atoms. The predicted octanol–water partition coefficient (Wildman–Crippen LogP) is 3.18. The van der Waals surface area contributed by atoms with Crippen molar-refractivity contribution in [3.05, 3.63) is 71.0 Å². The van der Waals surface area contributed by atoms with Gasteiger partial charge in [0.1, 0.15) is 5.82 Å². The molecule has 0 radical (unpaired) electrons. The molecule has 2 aromatic rings. The average Bonchev–Trinajstić information content (AvgIpc) is 2.52. The second kappa shape index (κ2) is 7.33. The van der Waals surface area contributed by atoms with Crippen molar-refractivity contribution in [1.29, 1.82) is 5.41 Å². The van der Waals surface area contributed by atoms with Crippen molar-refractivity contribution in [3.63, 3.8) is 0 Å². The first-order valence-electron chi connectivity index (χ1n) is 7.24. The van der Waals surface area contributed by atoms with E-state index < -0.39 is 35.3 Å². The fourth-order valence-corrected chi connectivity index (χ4v) is 2.51. The first-order chi connectivity index (χ1) is 11.7. The first kappa shape index (κ1) is 18.4. The quantitative estimate of drug-likeness (QED) is 0.448. The summed E-state index contributed by atoms with van der Waals surface area (Å²) in [5.74, 6) is -3.60. The molecule has 2 aromatic carbocycles. The van der Waals surface area contributed by atoms with Crippen molar-refractivity contribution in [1.82, 2.24) is 5.32 Å². The summed E-state index contributed by atoms with van der Waals surface area (Å²) in [5, 5.41) is 9.12. The number of rotatable bonds is 4. The predicted molar refractivity (Wildman–Crippen MR) is 84.3 cm³/mol. The van der Waals surface area contributed by atoms with E-state index >= 15 is 0 Å². The lowest BCUT2D eigenvalue weighted by Crippen LogP contribution is -2.40. The second-order valence-electron chi connectivity index (χ2n) is 5.34. The van der Waals surface area contributed by atoms with Gasteiger partial charge in [-0.3, -0.25) is 15.5 Å². The topological polar surface area (TPSA) is 79.0 Å². The third-order valence-corrected chi connectivity index (χ3v) is 3.60. The molecule has 8 heteroatoms. The monoisotopic (exact) mass is 353 g/mol. The Morgan fingerprint density at radius 1 is 1.12 bits per heavy atom. The molecule has 0 aliphatic heterocycles. The Kier molecular flexibility index (Phi) is 5.41. The van der Waals surface area contributed by atoms with Gasteiger partial charge in [0.25, 0.3) is 0 Å². The molecule has 0 saturated heterocycles. The van der Waals surface area contributed by atoms with E-state index in [2.05, 4.69) is 0 Å². The summed E-state index contributed by atoms with van der Waals surface area (Å²) >= 11 is 0. The van der Waals surface area contributed by atoms with E-state index in [1.54, 1.807) is 0 Å². The van der Waals surface area contributed by atoms with Crippen LogP contribution in [-0.2, 0) is 17.4 Å². The SMILES string of the molecule is N=C(N)NC(=O)C(Cc1ccccc1F)c1ccccc1C(F)(F)F. The minimum atomic E-state index is -4.68. The average molecular weight is 353 g/mol. The van der Waals surface area contributed by atoms with Crippen LogP contribution in [0.2, 0.25) is 0 Å². The summed E-state index contributed by atoms with van der Waals surface area (Å²) in [5.41, 5.74) is 3.90. The fraction of sp³-hybridized carbons (Fsp3) is 0.176. The highest BCUT2D eigenvalue weighted by Gasteiger charge is 2.37. The maximum Gasteiger partial charge on any atom is 0.416 e. The molecule has 0 aliphatic rings. The minimum Gasteiger partial charge on any atom is -0.370 e. The van der Waals surface area contributed by atoms with Gasteiger partial charge in [0.2, 0.25) is 5.91 Å². The van der Waals surface area contributed by atoms with Gasteiger partial charge in [0.15, 0.2) is 5.96 Å². The number of nitrogens with two attached hydrogens (primary N) is 1. The number of benzene rings is 2. The Morgan fingerprint density at radius 2 is 1.72 bits per heavy atom. The number of hydrogen-bond acceptors (Lipinski definition) is 2. The number of nitrogens with one attached hydrogen (secondary N) is 2. The highest BCUT2D eigenvalue weighted by molar-refractivity contribution is 5.98. The Hall–Kier alpha value is -2.90. The van der Waals surface area contributed by atoms with Crippen molar-refractivity contribution in [2.75, 3.05) is 0 Å².